The lowest BCUT2D eigenvalue weighted by Gasteiger charge is -2.25. The zero-order valence-corrected chi connectivity index (χ0v) is 16.2. The highest BCUT2D eigenvalue weighted by atomic mass is 16.5. The molecular weight excluding hydrogens is 360 g/mol. The number of barbiturate groups is 1. The van der Waals surface area contributed by atoms with E-state index in [0.717, 1.165) is 27.3 Å². The van der Waals surface area contributed by atoms with Gasteiger partial charge in [-0.1, -0.05) is 13.8 Å². The Hall–Kier alpha value is -3.35. The van der Waals surface area contributed by atoms with Crippen molar-refractivity contribution in [1.29, 1.82) is 0 Å². The van der Waals surface area contributed by atoms with Crippen molar-refractivity contribution in [3.63, 3.8) is 0 Å². The maximum absolute atomic E-state index is 12.8. The molecule has 3 rings (SSSR count). The van der Waals surface area contributed by atoms with E-state index in [1.54, 1.807) is 19.2 Å². The molecule has 0 unspecified atom stereocenters. The van der Waals surface area contributed by atoms with Gasteiger partial charge < -0.3 is 9.15 Å². The summed E-state index contributed by atoms with van der Waals surface area (Å²) in [5.41, 5.74) is 2.43. The third-order valence-electron chi connectivity index (χ3n) is 4.62. The highest BCUT2D eigenvalue weighted by Crippen LogP contribution is 2.31. The SMILES string of the molecule is COc1cc(C)c(/C=C2\C(=O)NC(=O)N(Cc3ccco3)C2=O)cc1C(C)C. The van der Waals surface area contributed by atoms with E-state index >= 15 is 0 Å². The Kier molecular flexibility index (Phi) is 5.35. The van der Waals surface area contributed by atoms with Crippen LogP contribution in [0.5, 0.6) is 5.75 Å². The van der Waals surface area contributed by atoms with Crippen LogP contribution in [0.15, 0.2) is 40.5 Å². The molecule has 4 amide bonds. The molecule has 1 fully saturated rings. The Balaban J connectivity index is 2.00. The van der Waals surface area contributed by atoms with Gasteiger partial charge in [0.1, 0.15) is 17.1 Å². The zero-order valence-electron chi connectivity index (χ0n) is 16.2. The van der Waals surface area contributed by atoms with Gasteiger partial charge in [0.25, 0.3) is 11.8 Å². The van der Waals surface area contributed by atoms with Crippen LogP contribution >= 0.6 is 0 Å². The number of imide groups is 2. The van der Waals surface area contributed by atoms with Gasteiger partial charge in [0.15, 0.2) is 0 Å². The minimum Gasteiger partial charge on any atom is -0.496 e. The van der Waals surface area contributed by atoms with Gasteiger partial charge in [-0.2, -0.15) is 0 Å². The second-order valence-electron chi connectivity index (χ2n) is 6.89. The molecule has 28 heavy (non-hydrogen) atoms. The zero-order chi connectivity index (χ0) is 20.4. The number of nitrogens with zero attached hydrogens (tertiary/aromatic N) is 1. The van der Waals surface area contributed by atoms with Crippen LogP contribution in [-0.4, -0.2) is 29.9 Å². The van der Waals surface area contributed by atoms with Gasteiger partial charge in [-0.3, -0.25) is 19.8 Å². The lowest BCUT2D eigenvalue weighted by molar-refractivity contribution is -0.130. The standard InChI is InChI=1S/C21H22N2O5/c1-12(2)16-9-14(13(3)8-18(16)27-4)10-17-19(24)22-21(26)23(20(17)25)11-15-6-5-7-28-15/h5-10,12H,11H2,1-4H3,(H,22,24,26)/b17-10+. The van der Waals surface area contributed by atoms with E-state index in [1.807, 2.05) is 32.9 Å². The van der Waals surface area contributed by atoms with E-state index in [1.165, 1.54) is 12.3 Å². The Labute approximate surface area is 163 Å². The summed E-state index contributed by atoms with van der Waals surface area (Å²) in [7, 11) is 1.61. The van der Waals surface area contributed by atoms with Gasteiger partial charge in [0.2, 0.25) is 0 Å². The van der Waals surface area contributed by atoms with Gasteiger partial charge in [0.05, 0.1) is 19.9 Å². The molecule has 1 aromatic heterocycles. The van der Waals surface area contributed by atoms with E-state index < -0.39 is 17.8 Å². The van der Waals surface area contributed by atoms with E-state index in [2.05, 4.69) is 5.32 Å². The van der Waals surface area contributed by atoms with Crippen molar-refractivity contribution in [3.8, 4) is 5.75 Å². The van der Waals surface area contributed by atoms with Crippen molar-refractivity contribution >= 4 is 23.9 Å². The lowest BCUT2D eigenvalue weighted by Crippen LogP contribution is -2.53. The molecule has 1 N–H and O–H groups in total. The van der Waals surface area contributed by atoms with Crippen LogP contribution in [0.25, 0.3) is 6.08 Å². The third kappa shape index (κ3) is 3.69. The van der Waals surface area contributed by atoms with Crippen LogP contribution in [0.1, 0.15) is 42.2 Å². The van der Waals surface area contributed by atoms with Crippen LogP contribution in [0, 0.1) is 6.92 Å². The second-order valence-corrected chi connectivity index (χ2v) is 6.89. The number of carbonyl (C=O) groups excluding carboxylic acids is 3. The summed E-state index contributed by atoms with van der Waals surface area (Å²) in [4.78, 5) is 38.2. The number of urea groups is 1. The molecule has 146 valence electrons. The number of carbonyl (C=O) groups is 3. The number of methoxy groups -OCH3 is 1. The molecule has 1 aliphatic rings. The predicted molar refractivity (Wildman–Crippen MR) is 103 cm³/mol. The minimum absolute atomic E-state index is 0.0544. The second kappa shape index (κ2) is 7.72. The number of nitrogens with one attached hydrogen (secondary N) is 1. The summed E-state index contributed by atoms with van der Waals surface area (Å²) in [6.07, 6.45) is 2.97. The van der Waals surface area contributed by atoms with Gasteiger partial charge in [0, 0.05) is 0 Å². The molecule has 7 heteroatoms. The van der Waals surface area contributed by atoms with Gasteiger partial charge >= 0.3 is 6.03 Å². The fraction of sp³-hybridized carbons (Fsp3) is 0.286. The number of amides is 4. The molecule has 0 aliphatic carbocycles. The Morgan fingerprint density at radius 1 is 1.25 bits per heavy atom. The van der Waals surface area contributed by atoms with Crippen molar-refractivity contribution in [1.82, 2.24) is 10.2 Å². The molecule has 0 saturated carbocycles. The molecule has 1 aliphatic heterocycles. The minimum atomic E-state index is -0.766. The van der Waals surface area contributed by atoms with Crippen molar-refractivity contribution in [2.45, 2.75) is 33.2 Å². The van der Waals surface area contributed by atoms with E-state index in [-0.39, 0.29) is 18.0 Å². The number of hydrogen-bond acceptors (Lipinski definition) is 5. The van der Waals surface area contributed by atoms with Crippen LogP contribution in [0.4, 0.5) is 4.79 Å². The van der Waals surface area contributed by atoms with E-state index in [9.17, 15) is 14.4 Å². The highest BCUT2D eigenvalue weighted by Gasteiger charge is 2.36. The summed E-state index contributed by atoms with van der Waals surface area (Å²) in [5.74, 6) is 0.0164. The molecule has 2 aromatic rings. The molecule has 2 heterocycles. The molecular formula is C21H22N2O5. The normalized spacial score (nSPS) is 16.1. The summed E-state index contributed by atoms with van der Waals surface area (Å²) in [6.45, 7) is 5.88. The fourth-order valence-corrected chi connectivity index (χ4v) is 3.05. The van der Waals surface area contributed by atoms with E-state index in [0.29, 0.717) is 5.76 Å². The average Bonchev–Trinajstić information content (AvgIpc) is 3.16. The molecule has 1 aromatic carbocycles. The van der Waals surface area contributed by atoms with Crippen molar-refractivity contribution < 1.29 is 23.5 Å². The molecule has 0 atom stereocenters. The number of benzene rings is 1. The van der Waals surface area contributed by atoms with Crippen LogP contribution in [0.2, 0.25) is 0 Å². The maximum atomic E-state index is 12.8. The third-order valence-corrected chi connectivity index (χ3v) is 4.62. The number of ether oxygens (including phenoxy) is 1. The van der Waals surface area contributed by atoms with Crippen LogP contribution < -0.4 is 10.1 Å². The predicted octanol–water partition coefficient (Wildman–Crippen LogP) is 3.38. The average molecular weight is 382 g/mol. The van der Waals surface area contributed by atoms with Crippen LogP contribution in [0.3, 0.4) is 0 Å². The maximum Gasteiger partial charge on any atom is 0.331 e. The molecule has 1 saturated heterocycles. The molecule has 0 bridgehead atoms. The molecule has 7 nitrogen and oxygen atoms in total. The first-order valence-corrected chi connectivity index (χ1v) is 8.91. The van der Waals surface area contributed by atoms with Crippen molar-refractivity contribution in [2.75, 3.05) is 7.11 Å². The summed E-state index contributed by atoms with van der Waals surface area (Å²) < 4.78 is 10.6. The number of furan rings is 1. The number of aryl methyl sites for hydroxylation is 1. The first-order valence-electron chi connectivity index (χ1n) is 8.91. The molecule has 0 spiro atoms. The largest absolute Gasteiger partial charge is 0.496 e. The quantitative estimate of drug-likeness (QED) is 0.633. The Bertz CT molecular complexity index is 957. The Morgan fingerprint density at radius 3 is 2.61 bits per heavy atom. The summed E-state index contributed by atoms with van der Waals surface area (Å²) in [5, 5.41) is 2.21. The smallest absolute Gasteiger partial charge is 0.331 e. The topological polar surface area (TPSA) is 88.8 Å². The fourth-order valence-electron chi connectivity index (χ4n) is 3.05. The van der Waals surface area contributed by atoms with Gasteiger partial charge in [-0.15, -0.1) is 0 Å². The lowest BCUT2D eigenvalue weighted by atomic mass is 9.95. The van der Waals surface area contributed by atoms with Gasteiger partial charge in [-0.25, -0.2) is 4.79 Å². The number of rotatable bonds is 5. The van der Waals surface area contributed by atoms with E-state index in [4.69, 9.17) is 9.15 Å². The Morgan fingerprint density at radius 2 is 2.00 bits per heavy atom. The van der Waals surface area contributed by atoms with Gasteiger partial charge in [-0.05, 0) is 59.9 Å². The monoisotopic (exact) mass is 382 g/mol. The van der Waals surface area contributed by atoms with Crippen molar-refractivity contribution in [3.05, 3.63) is 58.6 Å². The molecule has 0 radical (unpaired) electrons. The van der Waals surface area contributed by atoms with Crippen LogP contribution in [-0.2, 0) is 16.1 Å². The van der Waals surface area contributed by atoms with Crippen molar-refractivity contribution in [2.24, 2.45) is 0 Å². The highest BCUT2D eigenvalue weighted by molar-refractivity contribution is 6.31. The first-order chi connectivity index (χ1) is 13.3. The number of hydrogen-bond donors (Lipinski definition) is 1. The summed E-state index contributed by atoms with van der Waals surface area (Å²) >= 11 is 0. The summed E-state index contributed by atoms with van der Waals surface area (Å²) in [6, 6.07) is 6.33. The first kappa shape index (κ1) is 19.4.